The number of nitrogens with zero attached hydrogens (tertiary/aromatic N) is 3. The van der Waals surface area contributed by atoms with Gasteiger partial charge < -0.3 is 10.2 Å². The summed E-state index contributed by atoms with van der Waals surface area (Å²) in [6, 6.07) is 5.08. The zero-order chi connectivity index (χ0) is 13.7. The van der Waals surface area contributed by atoms with Crippen molar-refractivity contribution in [3.05, 3.63) is 30.1 Å². The zero-order valence-corrected chi connectivity index (χ0v) is 12.3. The van der Waals surface area contributed by atoms with Crippen LogP contribution in [0.5, 0.6) is 0 Å². The van der Waals surface area contributed by atoms with Crippen LogP contribution in [0.4, 0.5) is 0 Å². The maximum atomic E-state index is 4.28. The van der Waals surface area contributed by atoms with Crippen LogP contribution in [0, 0.1) is 0 Å². The van der Waals surface area contributed by atoms with Crippen molar-refractivity contribution in [3.8, 4) is 0 Å². The highest BCUT2D eigenvalue weighted by Crippen LogP contribution is 2.22. The molecule has 0 bridgehead atoms. The summed E-state index contributed by atoms with van der Waals surface area (Å²) in [4.78, 5) is 9.17. The van der Waals surface area contributed by atoms with Crippen molar-refractivity contribution in [3.63, 3.8) is 0 Å². The molecule has 2 atom stereocenters. The zero-order valence-electron chi connectivity index (χ0n) is 12.3. The predicted octanol–water partition coefficient (Wildman–Crippen LogP) is 1.37. The fourth-order valence-corrected chi connectivity index (χ4v) is 2.74. The first kappa shape index (κ1) is 14.4. The molecule has 1 N–H and O–H groups in total. The normalized spacial score (nSPS) is 23.4. The van der Waals surface area contributed by atoms with Gasteiger partial charge in [0.2, 0.25) is 0 Å². The van der Waals surface area contributed by atoms with Crippen LogP contribution in [0.3, 0.4) is 0 Å². The monoisotopic (exact) mass is 262 g/mol. The fourth-order valence-electron chi connectivity index (χ4n) is 2.74. The topological polar surface area (TPSA) is 31.4 Å². The Bertz CT molecular complexity index is 368. The molecule has 0 aromatic carbocycles. The quantitative estimate of drug-likeness (QED) is 0.868. The van der Waals surface area contributed by atoms with E-state index in [2.05, 4.69) is 47.2 Å². The van der Waals surface area contributed by atoms with Crippen molar-refractivity contribution >= 4 is 0 Å². The van der Waals surface area contributed by atoms with E-state index in [0.29, 0.717) is 12.1 Å². The number of likely N-dealkylation sites (N-methyl/N-ethyl adjacent to an activating group) is 2. The number of pyridine rings is 1. The van der Waals surface area contributed by atoms with E-state index in [-0.39, 0.29) is 0 Å². The molecule has 1 aliphatic heterocycles. The highest BCUT2D eigenvalue weighted by atomic mass is 15.3. The fraction of sp³-hybridized carbons (Fsp3) is 0.667. The van der Waals surface area contributed by atoms with Crippen LogP contribution >= 0.6 is 0 Å². The Morgan fingerprint density at radius 3 is 2.95 bits per heavy atom. The Kier molecular flexibility index (Phi) is 5.31. The number of hydrogen-bond donors (Lipinski definition) is 1. The lowest BCUT2D eigenvalue weighted by Gasteiger charge is -2.42. The Hall–Kier alpha value is -0.970. The van der Waals surface area contributed by atoms with E-state index in [9.17, 15) is 0 Å². The standard InChI is InChI=1S/C15H26N4/c1-4-7-17-15(13-6-5-8-16-11-13)14-12-18(2)9-10-19(14)3/h5-6,8,11,14-15,17H,4,7,9-10,12H2,1-3H3. The number of piperazine rings is 1. The van der Waals surface area contributed by atoms with Crippen molar-refractivity contribution < 1.29 is 0 Å². The molecular formula is C15H26N4. The van der Waals surface area contributed by atoms with E-state index in [1.807, 2.05) is 18.5 Å². The van der Waals surface area contributed by atoms with Crippen molar-refractivity contribution in [2.75, 3.05) is 40.3 Å². The lowest BCUT2D eigenvalue weighted by atomic mass is 9.97. The average Bonchev–Trinajstić information content (AvgIpc) is 2.44. The third kappa shape index (κ3) is 3.75. The first-order chi connectivity index (χ1) is 9.22. The van der Waals surface area contributed by atoms with Gasteiger partial charge in [-0.15, -0.1) is 0 Å². The SMILES string of the molecule is CCCNC(c1cccnc1)C1CN(C)CCN1C. The molecule has 2 unspecified atom stereocenters. The molecule has 1 aromatic heterocycles. The second kappa shape index (κ2) is 6.98. The summed E-state index contributed by atoms with van der Waals surface area (Å²) in [5.74, 6) is 0. The van der Waals surface area contributed by atoms with Crippen molar-refractivity contribution in [2.45, 2.75) is 25.4 Å². The molecule has 4 nitrogen and oxygen atoms in total. The Balaban J connectivity index is 2.16. The molecule has 1 aromatic rings. The maximum absolute atomic E-state index is 4.28. The van der Waals surface area contributed by atoms with Gasteiger partial charge >= 0.3 is 0 Å². The minimum atomic E-state index is 0.362. The molecule has 1 aliphatic rings. The van der Waals surface area contributed by atoms with Crippen molar-refractivity contribution in [1.29, 1.82) is 0 Å². The van der Waals surface area contributed by atoms with Crippen LogP contribution in [0.25, 0.3) is 0 Å². The molecule has 0 saturated carbocycles. The van der Waals surface area contributed by atoms with E-state index in [1.54, 1.807) is 0 Å². The van der Waals surface area contributed by atoms with Gasteiger partial charge in [0.05, 0.1) is 6.04 Å². The highest BCUT2D eigenvalue weighted by Gasteiger charge is 2.30. The summed E-state index contributed by atoms with van der Waals surface area (Å²) < 4.78 is 0. The van der Waals surface area contributed by atoms with Gasteiger partial charge in [-0.05, 0) is 38.7 Å². The molecule has 0 radical (unpaired) electrons. The number of hydrogen-bond acceptors (Lipinski definition) is 4. The van der Waals surface area contributed by atoms with Gasteiger partial charge in [-0.3, -0.25) is 9.88 Å². The Morgan fingerprint density at radius 1 is 1.42 bits per heavy atom. The minimum absolute atomic E-state index is 0.362. The minimum Gasteiger partial charge on any atom is -0.309 e. The molecule has 2 rings (SSSR count). The molecule has 0 amide bonds. The number of nitrogens with one attached hydrogen (secondary N) is 1. The summed E-state index contributed by atoms with van der Waals surface area (Å²) in [7, 11) is 4.44. The molecule has 0 aliphatic carbocycles. The molecule has 1 fully saturated rings. The first-order valence-electron chi connectivity index (χ1n) is 7.24. The van der Waals surface area contributed by atoms with E-state index >= 15 is 0 Å². The summed E-state index contributed by atoms with van der Waals surface area (Å²) in [5, 5.41) is 3.70. The van der Waals surface area contributed by atoms with Gasteiger partial charge in [-0.2, -0.15) is 0 Å². The Labute approximate surface area is 116 Å². The summed E-state index contributed by atoms with van der Waals surface area (Å²) >= 11 is 0. The lowest BCUT2D eigenvalue weighted by molar-refractivity contribution is 0.0875. The highest BCUT2D eigenvalue weighted by molar-refractivity contribution is 5.17. The van der Waals surface area contributed by atoms with Crippen LogP contribution in [0.2, 0.25) is 0 Å². The number of rotatable bonds is 5. The second-order valence-corrected chi connectivity index (χ2v) is 5.53. The molecule has 1 saturated heterocycles. The molecule has 19 heavy (non-hydrogen) atoms. The summed E-state index contributed by atoms with van der Waals surface area (Å²) in [6.45, 7) is 6.65. The van der Waals surface area contributed by atoms with Crippen LogP contribution in [-0.2, 0) is 0 Å². The van der Waals surface area contributed by atoms with Gasteiger partial charge in [0.25, 0.3) is 0 Å². The van der Waals surface area contributed by atoms with Crippen molar-refractivity contribution in [2.24, 2.45) is 0 Å². The van der Waals surface area contributed by atoms with E-state index in [1.165, 1.54) is 5.56 Å². The maximum Gasteiger partial charge on any atom is 0.0505 e. The van der Waals surface area contributed by atoms with Gasteiger partial charge in [0.1, 0.15) is 0 Å². The van der Waals surface area contributed by atoms with Gasteiger partial charge in [-0.1, -0.05) is 13.0 Å². The molecule has 0 spiro atoms. The number of aromatic nitrogens is 1. The largest absolute Gasteiger partial charge is 0.309 e. The lowest BCUT2D eigenvalue weighted by Crippen LogP contribution is -2.55. The van der Waals surface area contributed by atoms with E-state index in [4.69, 9.17) is 0 Å². The van der Waals surface area contributed by atoms with Gasteiger partial charge in [0.15, 0.2) is 0 Å². The van der Waals surface area contributed by atoms with Crippen LogP contribution in [-0.4, -0.2) is 61.1 Å². The van der Waals surface area contributed by atoms with Crippen LogP contribution < -0.4 is 5.32 Å². The first-order valence-corrected chi connectivity index (χ1v) is 7.24. The van der Waals surface area contributed by atoms with Crippen LogP contribution in [0.1, 0.15) is 24.9 Å². The molecule has 106 valence electrons. The molecule has 2 heterocycles. The summed E-state index contributed by atoms with van der Waals surface area (Å²) in [5.41, 5.74) is 1.29. The average molecular weight is 262 g/mol. The van der Waals surface area contributed by atoms with Crippen LogP contribution in [0.15, 0.2) is 24.5 Å². The van der Waals surface area contributed by atoms with E-state index < -0.39 is 0 Å². The molecular weight excluding hydrogens is 236 g/mol. The van der Waals surface area contributed by atoms with Gasteiger partial charge in [0, 0.05) is 38.1 Å². The Morgan fingerprint density at radius 2 is 2.26 bits per heavy atom. The third-order valence-electron chi connectivity index (χ3n) is 3.94. The summed E-state index contributed by atoms with van der Waals surface area (Å²) in [6.07, 6.45) is 5.00. The second-order valence-electron chi connectivity index (χ2n) is 5.53. The predicted molar refractivity (Wildman–Crippen MR) is 79.2 cm³/mol. The van der Waals surface area contributed by atoms with Gasteiger partial charge in [-0.25, -0.2) is 0 Å². The van der Waals surface area contributed by atoms with E-state index in [0.717, 1.165) is 32.6 Å². The van der Waals surface area contributed by atoms with Crippen molar-refractivity contribution in [1.82, 2.24) is 20.1 Å². The third-order valence-corrected chi connectivity index (χ3v) is 3.94. The smallest absolute Gasteiger partial charge is 0.0505 e. The molecule has 4 heteroatoms.